The summed E-state index contributed by atoms with van der Waals surface area (Å²) in [7, 11) is 0. The number of rotatable bonds is 9. The van der Waals surface area contributed by atoms with E-state index in [2.05, 4.69) is 6.07 Å². The first kappa shape index (κ1) is 33.3. The lowest BCUT2D eigenvalue weighted by molar-refractivity contribution is 0.569. The van der Waals surface area contributed by atoms with E-state index in [4.69, 9.17) is 8.22 Å². The highest BCUT2D eigenvalue weighted by atomic mass is 15.3. The zero-order chi connectivity index (χ0) is 95.6. The molecule has 0 spiro atoms. The molecule has 0 saturated carbocycles. The minimum absolute atomic E-state index is 0.0119. The molecular formula is C94H74N4. The third kappa shape index (κ3) is 9.64. The van der Waals surface area contributed by atoms with Gasteiger partial charge >= 0.3 is 0 Å². The van der Waals surface area contributed by atoms with E-state index in [9.17, 15) is 38.4 Å². The Morgan fingerprint density at radius 1 is 0.316 bits per heavy atom. The second kappa shape index (κ2) is 23.0. The Hall–Kier alpha value is -11.7. The molecule has 98 heavy (non-hydrogen) atoms. The number of anilines is 9. The Bertz CT molecular complexity index is 7330. The SMILES string of the molecule is [2H]c1c([2H])c([2H])c(-c2c([2H])c([2H])c([2H])c(-c3c([2H])c([2H])c([2H])c([2H])c3[2H])c2N2c3ccc(-c4cc(C(C)(C)C)cc(C(C)(C)C)c4)cc3N3c4ccc(-n5c6c([2H])c([2H])c([2H])c([2H])c6c6c([2H])c([2H])c([2H])c([2H])c65)cc4N(c4c(-c5c([2H])c([2H])c([2H])c([2H])c5[2H])c([2H])c([2H])c([2H])c4-c4c([2H])c([2H])c([2H])c([2H])c4[2H])c4cc(C5c6ccccc6Cc6ccccc65)cc2c43)c([2H])c1[2H]. The van der Waals surface area contributed by atoms with Gasteiger partial charge in [0.2, 0.25) is 0 Å². The molecule has 0 bridgehead atoms. The monoisotopic (exact) mass is 1290 g/mol. The molecule has 1 aromatic heterocycles. The molecule has 18 rings (SSSR count). The highest BCUT2D eigenvalue weighted by Crippen LogP contribution is 2.67. The first-order valence-electron chi connectivity index (χ1n) is 48.8. The quantitative estimate of drug-likeness (QED) is 0.143. The molecule has 0 unspecified atom stereocenters. The summed E-state index contributed by atoms with van der Waals surface area (Å²) in [5, 5.41) is -0.778. The van der Waals surface area contributed by atoms with Crippen LogP contribution < -0.4 is 14.7 Å². The van der Waals surface area contributed by atoms with Gasteiger partial charge in [-0.2, -0.15) is 0 Å². The second-order valence-corrected chi connectivity index (χ2v) is 26.3. The van der Waals surface area contributed by atoms with Gasteiger partial charge < -0.3 is 19.3 Å². The van der Waals surface area contributed by atoms with Crippen LogP contribution in [0.15, 0.2) is 321 Å². The minimum atomic E-state index is -1.11. The normalized spacial score (nSPS) is 18.1. The van der Waals surface area contributed by atoms with Gasteiger partial charge in [0, 0.05) is 44.6 Å². The number of hydrogen-bond acceptors (Lipinski definition) is 3. The van der Waals surface area contributed by atoms with Crippen molar-refractivity contribution < 1.29 is 46.6 Å². The van der Waals surface area contributed by atoms with Crippen LogP contribution in [-0.2, 0) is 17.3 Å². The van der Waals surface area contributed by atoms with Crippen molar-refractivity contribution in [2.24, 2.45) is 0 Å². The summed E-state index contributed by atoms with van der Waals surface area (Å²) < 4.78 is 332. The van der Waals surface area contributed by atoms with E-state index in [1.165, 1.54) is 32.6 Å². The predicted molar refractivity (Wildman–Crippen MR) is 413 cm³/mol. The van der Waals surface area contributed by atoms with Crippen molar-refractivity contribution >= 4 is 73.0 Å². The van der Waals surface area contributed by atoms with Crippen LogP contribution in [0.4, 0.5) is 51.2 Å². The standard InChI is InChI=1S/C94H74N4/c1-93(2,3)70-54-68(55-71(59-70)94(4,5)6)65-49-51-83-85(56-65)96-84-52-50-72(95-81-47-25-23-41-79(81)80-42-24-26-48-82(80)95)60-86(84)98(91-77(63-33-15-9-16-34-63)45-28-46-78(91)64-35-17-10-18-36-64)88-58-69(89-73-39-21-19-37-66(73)53-67-38-20-22-40-74(67)89)57-87(92(88)96)97(83)90-75(61-29-11-7-12-30-61)43-27-44-76(90)62-31-13-8-14-32-62/h7-52,54-60,89H,53H2,1-6H3/i7D,8D,9D,10D,11D,12D,13D,14D,15D,16D,17D,18D,23D,24D,25D,26D,27D,28D,29D,30D,31D,32D,33D,34D,35D,36D,41D,42D,43D,44D,45D,46D,47D,48D. The second-order valence-electron chi connectivity index (χ2n) is 26.3. The van der Waals surface area contributed by atoms with Gasteiger partial charge in [0.15, 0.2) is 0 Å². The molecule has 1 aliphatic carbocycles. The van der Waals surface area contributed by atoms with Gasteiger partial charge in [-0.25, -0.2) is 0 Å². The van der Waals surface area contributed by atoms with Crippen molar-refractivity contribution in [2.75, 3.05) is 14.7 Å². The average Bonchev–Trinajstić information content (AvgIpc) is 0.695. The van der Waals surface area contributed by atoms with E-state index in [1.807, 2.05) is 90.1 Å². The van der Waals surface area contributed by atoms with Gasteiger partial charge in [-0.05, 0) is 144 Å². The molecule has 470 valence electrons. The summed E-state index contributed by atoms with van der Waals surface area (Å²) in [6.07, 6.45) is 0.317. The summed E-state index contributed by atoms with van der Waals surface area (Å²) in [5.74, 6) is -1.07. The fraction of sp³-hybridized carbons (Fsp3) is 0.106. The lowest BCUT2D eigenvalue weighted by Gasteiger charge is -2.49. The fourth-order valence-electron chi connectivity index (χ4n) is 14.1. The molecule has 0 atom stereocenters. The molecule has 4 nitrogen and oxygen atoms in total. The van der Waals surface area contributed by atoms with Gasteiger partial charge in [-0.15, -0.1) is 0 Å². The molecular weight excluding hydrogens is 1190 g/mol. The van der Waals surface area contributed by atoms with Crippen molar-refractivity contribution in [3.8, 4) is 61.3 Å². The Balaban J connectivity index is 1.17. The first-order valence-corrected chi connectivity index (χ1v) is 31.8. The van der Waals surface area contributed by atoms with E-state index in [0.29, 0.717) is 28.7 Å². The number of aromatic nitrogens is 1. The van der Waals surface area contributed by atoms with Gasteiger partial charge in [0.05, 0.1) is 109 Å². The van der Waals surface area contributed by atoms with Crippen molar-refractivity contribution in [3.63, 3.8) is 0 Å². The van der Waals surface area contributed by atoms with Gasteiger partial charge in [0.25, 0.3) is 0 Å². The molecule has 0 saturated heterocycles. The fourth-order valence-corrected chi connectivity index (χ4v) is 14.1. The van der Waals surface area contributed by atoms with Gasteiger partial charge in [0.1, 0.15) is 0 Å². The Labute approximate surface area is 623 Å². The van der Waals surface area contributed by atoms with Crippen LogP contribution in [0.5, 0.6) is 0 Å². The third-order valence-electron chi connectivity index (χ3n) is 18.6. The number of para-hydroxylation sites is 4. The number of fused-ring (bicyclic) bond motifs is 9. The van der Waals surface area contributed by atoms with Crippen LogP contribution in [0.25, 0.3) is 83.1 Å². The molecule has 15 aromatic rings. The number of nitrogens with zero attached hydrogens (tertiary/aromatic N) is 4. The summed E-state index contributed by atoms with van der Waals surface area (Å²) in [6, 6.07) is 0.720. The van der Waals surface area contributed by atoms with Crippen molar-refractivity contribution in [2.45, 2.75) is 64.7 Å². The third-order valence-corrected chi connectivity index (χ3v) is 18.6. The average molecular weight is 1290 g/mol. The largest absolute Gasteiger partial charge is 0.309 e. The maximum atomic E-state index is 10.6. The van der Waals surface area contributed by atoms with E-state index in [0.717, 1.165) is 22.3 Å². The molecule has 14 aromatic carbocycles. The van der Waals surface area contributed by atoms with Gasteiger partial charge in [-0.1, -0.05) is 308 Å². The Morgan fingerprint density at radius 2 is 0.714 bits per heavy atom. The zero-order valence-electron chi connectivity index (χ0n) is 87.5. The summed E-state index contributed by atoms with van der Waals surface area (Å²) >= 11 is 0. The molecule has 0 amide bonds. The maximum Gasteiger partial charge on any atom is 0.0948 e. The van der Waals surface area contributed by atoms with Crippen molar-refractivity contribution in [3.05, 3.63) is 360 Å². The summed E-state index contributed by atoms with van der Waals surface area (Å²) in [5.41, 5.74) is -5.89. The van der Waals surface area contributed by atoms with E-state index in [-0.39, 0.29) is 61.8 Å². The molecule has 3 aliphatic rings. The lowest BCUT2D eigenvalue weighted by Crippen LogP contribution is -2.31. The van der Waals surface area contributed by atoms with Crippen LogP contribution in [0, 0.1) is 0 Å². The molecule has 3 heterocycles. The topological polar surface area (TPSA) is 14.7 Å². The highest BCUT2D eigenvalue weighted by molar-refractivity contribution is 6.18. The molecule has 0 N–H and O–H groups in total. The van der Waals surface area contributed by atoms with E-state index >= 15 is 0 Å². The van der Waals surface area contributed by atoms with Crippen LogP contribution >= 0.6 is 0 Å². The smallest absolute Gasteiger partial charge is 0.0948 e. The highest BCUT2D eigenvalue weighted by Gasteiger charge is 2.44. The number of benzene rings is 14. The van der Waals surface area contributed by atoms with Crippen molar-refractivity contribution in [1.82, 2.24) is 4.57 Å². The van der Waals surface area contributed by atoms with E-state index < -0.39 is 289 Å². The maximum absolute atomic E-state index is 10.6. The van der Waals surface area contributed by atoms with Gasteiger partial charge in [-0.3, -0.25) is 0 Å². The Kier molecular flexibility index (Phi) is 7.82. The molecule has 2 aliphatic heterocycles. The predicted octanol–water partition coefficient (Wildman–Crippen LogP) is 25.8. The van der Waals surface area contributed by atoms with Crippen LogP contribution in [0.2, 0.25) is 0 Å². The molecule has 0 radical (unpaired) electrons. The number of hydrogen-bond donors (Lipinski definition) is 0. The molecule has 4 heteroatoms. The van der Waals surface area contributed by atoms with Crippen LogP contribution in [-0.4, -0.2) is 4.57 Å². The summed E-state index contributed by atoms with van der Waals surface area (Å²) in [4.78, 5) is 4.35. The Morgan fingerprint density at radius 3 is 1.17 bits per heavy atom. The van der Waals surface area contributed by atoms with E-state index in [1.54, 1.807) is 47.4 Å². The van der Waals surface area contributed by atoms with Crippen LogP contribution in [0.3, 0.4) is 0 Å². The first-order chi connectivity index (χ1) is 62.0. The minimum Gasteiger partial charge on any atom is -0.309 e. The van der Waals surface area contributed by atoms with Crippen LogP contribution in [0.1, 0.15) is 133 Å². The summed E-state index contributed by atoms with van der Waals surface area (Å²) in [6.45, 7) is 12.1. The van der Waals surface area contributed by atoms with Crippen molar-refractivity contribution in [1.29, 1.82) is 0 Å². The lowest BCUT2D eigenvalue weighted by atomic mass is 9.74. The molecule has 0 fully saturated rings. The zero-order valence-corrected chi connectivity index (χ0v) is 53.5.